The van der Waals surface area contributed by atoms with Crippen molar-refractivity contribution in [3.8, 4) is 0 Å². The smallest absolute Gasteiger partial charge is 0.314 e. The highest BCUT2D eigenvalue weighted by molar-refractivity contribution is 5.93. The van der Waals surface area contributed by atoms with E-state index < -0.39 is 0 Å². The zero-order valence-corrected chi connectivity index (χ0v) is 15.2. The molecular formula is C19H29N5O2. The number of rotatable bonds is 7. The number of carbonyl (C=O) groups excluding carboxylic acids is 2. The second-order valence-corrected chi connectivity index (χ2v) is 7.22. The monoisotopic (exact) mass is 359 g/mol. The molecule has 1 saturated carbocycles. The summed E-state index contributed by atoms with van der Waals surface area (Å²) in [5.41, 5.74) is 0.519. The van der Waals surface area contributed by atoms with E-state index in [9.17, 15) is 9.59 Å². The minimum Gasteiger partial charge on any atom is -0.350 e. The van der Waals surface area contributed by atoms with Gasteiger partial charge < -0.3 is 20.9 Å². The van der Waals surface area contributed by atoms with E-state index in [0.29, 0.717) is 24.6 Å². The van der Waals surface area contributed by atoms with Crippen LogP contribution >= 0.6 is 0 Å². The number of likely N-dealkylation sites (tertiary alicyclic amines) is 1. The van der Waals surface area contributed by atoms with Crippen molar-refractivity contribution in [2.45, 2.75) is 38.1 Å². The summed E-state index contributed by atoms with van der Waals surface area (Å²) in [7, 11) is 0. The van der Waals surface area contributed by atoms with Crippen LogP contribution in [0, 0.1) is 5.92 Å². The Balaban J connectivity index is 1.25. The van der Waals surface area contributed by atoms with Crippen molar-refractivity contribution in [3.63, 3.8) is 0 Å². The quantitative estimate of drug-likeness (QED) is 0.642. The molecule has 1 aromatic heterocycles. The fourth-order valence-corrected chi connectivity index (χ4v) is 3.88. The van der Waals surface area contributed by atoms with Crippen LogP contribution < -0.4 is 16.0 Å². The molecule has 1 aliphatic carbocycles. The molecule has 26 heavy (non-hydrogen) atoms. The van der Waals surface area contributed by atoms with Gasteiger partial charge >= 0.3 is 6.03 Å². The largest absolute Gasteiger partial charge is 0.350 e. The highest BCUT2D eigenvalue weighted by Crippen LogP contribution is 2.28. The summed E-state index contributed by atoms with van der Waals surface area (Å²) < 4.78 is 0. The van der Waals surface area contributed by atoms with Crippen LogP contribution in [0.15, 0.2) is 24.5 Å². The maximum Gasteiger partial charge on any atom is 0.314 e. The SMILES string of the molecule is O=C(NCCNC(=O)c1cccnc1)NC[C@H]1CCN(C2CCCC2)C1. The van der Waals surface area contributed by atoms with E-state index in [4.69, 9.17) is 0 Å². The molecule has 1 saturated heterocycles. The van der Waals surface area contributed by atoms with Gasteiger partial charge in [0.2, 0.25) is 0 Å². The number of hydrogen-bond acceptors (Lipinski definition) is 4. The Labute approximate surface area is 154 Å². The van der Waals surface area contributed by atoms with Gasteiger partial charge in [0.05, 0.1) is 5.56 Å². The summed E-state index contributed by atoms with van der Waals surface area (Å²) in [6.07, 6.45) is 9.72. The van der Waals surface area contributed by atoms with E-state index in [-0.39, 0.29) is 11.9 Å². The fourth-order valence-electron chi connectivity index (χ4n) is 3.88. The maximum absolute atomic E-state index is 11.9. The van der Waals surface area contributed by atoms with Gasteiger partial charge in [-0.15, -0.1) is 0 Å². The van der Waals surface area contributed by atoms with Crippen molar-refractivity contribution in [1.29, 1.82) is 0 Å². The lowest BCUT2D eigenvalue weighted by Crippen LogP contribution is -2.42. The number of nitrogens with one attached hydrogen (secondary N) is 3. The number of aromatic nitrogens is 1. The third-order valence-electron chi connectivity index (χ3n) is 5.33. The minimum absolute atomic E-state index is 0.167. The number of carbonyl (C=O) groups is 2. The molecule has 3 amide bonds. The van der Waals surface area contributed by atoms with Crippen LogP contribution in [0.25, 0.3) is 0 Å². The van der Waals surface area contributed by atoms with Crippen molar-refractivity contribution >= 4 is 11.9 Å². The average molecular weight is 359 g/mol. The Kier molecular flexibility index (Phi) is 6.82. The molecule has 2 fully saturated rings. The number of hydrogen-bond donors (Lipinski definition) is 3. The van der Waals surface area contributed by atoms with E-state index in [2.05, 4.69) is 25.8 Å². The Morgan fingerprint density at radius 1 is 1.12 bits per heavy atom. The first-order valence-electron chi connectivity index (χ1n) is 9.66. The second-order valence-electron chi connectivity index (χ2n) is 7.22. The first-order valence-corrected chi connectivity index (χ1v) is 9.66. The van der Waals surface area contributed by atoms with Crippen molar-refractivity contribution in [2.24, 2.45) is 5.92 Å². The van der Waals surface area contributed by atoms with Crippen molar-refractivity contribution in [3.05, 3.63) is 30.1 Å². The maximum atomic E-state index is 11.9. The van der Waals surface area contributed by atoms with E-state index in [1.807, 2.05) is 0 Å². The standard InChI is InChI=1S/C19H29N5O2/c25-18(16-4-3-8-20-13-16)21-9-10-22-19(26)23-12-15-7-11-24(14-15)17-5-1-2-6-17/h3-4,8,13,15,17H,1-2,5-7,9-12,14H2,(H,21,25)(H2,22,23,26)/t15-/m1/s1. The average Bonchev–Trinajstić information content (AvgIpc) is 3.35. The molecule has 1 atom stereocenters. The van der Waals surface area contributed by atoms with Crippen LogP contribution in [0.5, 0.6) is 0 Å². The molecule has 7 heteroatoms. The minimum atomic E-state index is -0.182. The molecule has 0 radical (unpaired) electrons. The van der Waals surface area contributed by atoms with E-state index in [1.54, 1.807) is 18.3 Å². The van der Waals surface area contributed by atoms with Crippen LogP contribution in [0.2, 0.25) is 0 Å². The molecule has 2 heterocycles. The molecule has 0 bridgehead atoms. The number of amides is 3. The lowest BCUT2D eigenvalue weighted by atomic mass is 10.1. The van der Waals surface area contributed by atoms with Gasteiger partial charge in [-0.25, -0.2) is 4.79 Å². The predicted octanol–water partition coefficient (Wildman–Crippen LogP) is 1.38. The highest BCUT2D eigenvalue weighted by atomic mass is 16.2. The van der Waals surface area contributed by atoms with Crippen molar-refractivity contribution in [1.82, 2.24) is 25.8 Å². The Bertz CT molecular complexity index is 589. The Hall–Kier alpha value is -2.15. The molecule has 3 N–H and O–H groups in total. The van der Waals surface area contributed by atoms with Crippen molar-refractivity contribution < 1.29 is 9.59 Å². The third-order valence-corrected chi connectivity index (χ3v) is 5.33. The lowest BCUT2D eigenvalue weighted by Gasteiger charge is -2.23. The first-order chi connectivity index (χ1) is 12.7. The van der Waals surface area contributed by atoms with Crippen LogP contribution in [0.3, 0.4) is 0 Å². The summed E-state index contributed by atoms with van der Waals surface area (Å²) in [5, 5.41) is 8.50. The summed E-state index contributed by atoms with van der Waals surface area (Å²) in [5.74, 6) is 0.366. The van der Waals surface area contributed by atoms with Crippen LogP contribution in [0.4, 0.5) is 4.79 Å². The molecular weight excluding hydrogens is 330 g/mol. The Morgan fingerprint density at radius 3 is 2.69 bits per heavy atom. The number of pyridine rings is 1. The van der Waals surface area contributed by atoms with Gasteiger partial charge in [0, 0.05) is 44.6 Å². The van der Waals surface area contributed by atoms with Crippen LogP contribution in [-0.2, 0) is 0 Å². The highest BCUT2D eigenvalue weighted by Gasteiger charge is 2.29. The van der Waals surface area contributed by atoms with E-state index in [1.165, 1.54) is 38.4 Å². The van der Waals surface area contributed by atoms with E-state index in [0.717, 1.165) is 25.6 Å². The zero-order chi connectivity index (χ0) is 18.2. The van der Waals surface area contributed by atoms with E-state index >= 15 is 0 Å². The number of nitrogens with zero attached hydrogens (tertiary/aromatic N) is 2. The molecule has 0 aromatic carbocycles. The fraction of sp³-hybridized carbons (Fsp3) is 0.632. The van der Waals surface area contributed by atoms with Crippen molar-refractivity contribution in [2.75, 3.05) is 32.7 Å². The Morgan fingerprint density at radius 2 is 1.92 bits per heavy atom. The summed E-state index contributed by atoms with van der Waals surface area (Å²) in [6, 6.07) is 4.04. The zero-order valence-electron chi connectivity index (χ0n) is 15.2. The second kappa shape index (κ2) is 9.52. The van der Waals surface area contributed by atoms with Gasteiger partial charge in [-0.1, -0.05) is 12.8 Å². The molecule has 0 unspecified atom stereocenters. The lowest BCUT2D eigenvalue weighted by molar-refractivity contribution is 0.0953. The third kappa shape index (κ3) is 5.42. The van der Waals surface area contributed by atoms with Gasteiger partial charge in [0.15, 0.2) is 0 Å². The normalized spacial score (nSPS) is 20.8. The van der Waals surface area contributed by atoms with Crippen LogP contribution in [0.1, 0.15) is 42.5 Å². The topological polar surface area (TPSA) is 86.4 Å². The van der Waals surface area contributed by atoms with Gasteiger partial charge in [-0.05, 0) is 43.9 Å². The predicted molar refractivity (Wildman–Crippen MR) is 99.9 cm³/mol. The van der Waals surface area contributed by atoms with Gasteiger partial charge in [0.25, 0.3) is 5.91 Å². The summed E-state index contributed by atoms with van der Waals surface area (Å²) >= 11 is 0. The molecule has 3 rings (SSSR count). The molecule has 7 nitrogen and oxygen atoms in total. The molecule has 1 aliphatic heterocycles. The molecule has 2 aliphatic rings. The first kappa shape index (κ1) is 18.6. The van der Waals surface area contributed by atoms with Gasteiger partial charge in [-0.3, -0.25) is 9.78 Å². The summed E-state index contributed by atoms with van der Waals surface area (Å²) in [6.45, 7) is 3.78. The van der Waals surface area contributed by atoms with Gasteiger partial charge in [0.1, 0.15) is 0 Å². The molecule has 142 valence electrons. The molecule has 0 spiro atoms. The number of urea groups is 1. The summed E-state index contributed by atoms with van der Waals surface area (Å²) in [4.78, 5) is 30.3. The molecule has 1 aromatic rings. The van der Waals surface area contributed by atoms with Gasteiger partial charge in [-0.2, -0.15) is 0 Å². The van der Waals surface area contributed by atoms with Crippen LogP contribution in [-0.4, -0.2) is 60.6 Å².